The van der Waals surface area contributed by atoms with Crippen molar-refractivity contribution < 1.29 is 32.2 Å². The number of nitrogens with zero attached hydrogens (tertiary/aromatic N) is 1. The Morgan fingerprint density at radius 3 is 2.61 bits per heavy atom. The van der Waals surface area contributed by atoms with E-state index in [1.807, 2.05) is 4.90 Å². The molecule has 0 radical (unpaired) electrons. The van der Waals surface area contributed by atoms with Gasteiger partial charge >= 0.3 is 12.1 Å². The maximum absolute atomic E-state index is 12.5. The first-order chi connectivity index (χ1) is 10.7. The van der Waals surface area contributed by atoms with Crippen LogP contribution < -0.4 is 0 Å². The van der Waals surface area contributed by atoms with Gasteiger partial charge in [-0.2, -0.15) is 13.2 Å². The molecule has 1 unspecified atom stereocenters. The zero-order valence-electron chi connectivity index (χ0n) is 13.0. The number of alkyl halides is 3. The van der Waals surface area contributed by atoms with Crippen molar-refractivity contribution in [1.82, 2.24) is 4.90 Å². The second-order valence-corrected chi connectivity index (χ2v) is 5.77. The summed E-state index contributed by atoms with van der Waals surface area (Å²) in [5, 5.41) is 9.30. The molecular weight excluding hydrogens is 315 g/mol. The number of aryl methyl sites for hydroxylation is 1. The highest BCUT2D eigenvalue weighted by Gasteiger charge is 2.44. The summed E-state index contributed by atoms with van der Waals surface area (Å²) in [7, 11) is 1.28. The zero-order chi connectivity index (χ0) is 17.2. The van der Waals surface area contributed by atoms with Crippen LogP contribution in [0.5, 0.6) is 0 Å². The molecule has 1 fully saturated rings. The molecule has 0 bridgehead atoms. The van der Waals surface area contributed by atoms with Crippen LogP contribution >= 0.6 is 0 Å². The molecule has 0 aliphatic carbocycles. The van der Waals surface area contributed by atoms with E-state index in [2.05, 4.69) is 4.74 Å². The van der Waals surface area contributed by atoms with E-state index in [1.165, 1.54) is 7.11 Å². The van der Waals surface area contributed by atoms with E-state index in [9.17, 15) is 23.1 Å². The number of methoxy groups -OCH3 is 1. The van der Waals surface area contributed by atoms with Gasteiger partial charge in [0.25, 0.3) is 0 Å². The molecule has 0 spiro atoms. The predicted molar refractivity (Wildman–Crippen MR) is 74.8 cm³/mol. The number of halogens is 3. The van der Waals surface area contributed by atoms with Crippen molar-refractivity contribution in [2.24, 2.45) is 5.92 Å². The summed E-state index contributed by atoms with van der Waals surface area (Å²) in [4.78, 5) is 13.5. The fourth-order valence-electron chi connectivity index (χ4n) is 2.85. The minimum atomic E-state index is -4.57. The number of hydrogen-bond donors (Lipinski definition) is 1. The summed E-state index contributed by atoms with van der Waals surface area (Å²) in [6, 6.07) is 1.60. The van der Waals surface area contributed by atoms with Gasteiger partial charge in [0.2, 0.25) is 0 Å². The van der Waals surface area contributed by atoms with E-state index in [-0.39, 0.29) is 12.8 Å². The molecule has 1 aliphatic rings. The number of aliphatic hydroxyl groups is 1. The molecule has 1 aromatic rings. The molecule has 2 rings (SSSR count). The summed E-state index contributed by atoms with van der Waals surface area (Å²) >= 11 is 0. The standard InChI is InChI=1S/C15H20F3NO4/c1-9-12(14(21)22-2)7-11(23-9)8-19-5-3-10(4-6-19)13(20)15(16,17)18/h7,10,13,20H,3-6,8H2,1-2H3. The molecule has 0 aromatic carbocycles. The molecule has 5 nitrogen and oxygen atoms in total. The van der Waals surface area contributed by atoms with Crippen LogP contribution in [-0.4, -0.2) is 48.5 Å². The van der Waals surface area contributed by atoms with Gasteiger partial charge in [-0.25, -0.2) is 4.79 Å². The van der Waals surface area contributed by atoms with E-state index in [4.69, 9.17) is 4.42 Å². The second-order valence-electron chi connectivity index (χ2n) is 5.77. The highest BCUT2D eigenvalue weighted by atomic mass is 19.4. The lowest BCUT2D eigenvalue weighted by Gasteiger charge is -2.34. The topological polar surface area (TPSA) is 62.9 Å². The third kappa shape index (κ3) is 4.26. The largest absolute Gasteiger partial charge is 0.465 e. The second kappa shape index (κ2) is 6.92. The summed E-state index contributed by atoms with van der Waals surface area (Å²) in [6.07, 6.45) is -6.30. The number of aliphatic hydroxyl groups excluding tert-OH is 1. The quantitative estimate of drug-likeness (QED) is 0.857. The van der Waals surface area contributed by atoms with Crippen LogP contribution in [0.15, 0.2) is 10.5 Å². The van der Waals surface area contributed by atoms with Crippen molar-refractivity contribution in [2.75, 3.05) is 20.2 Å². The number of likely N-dealkylation sites (tertiary alicyclic amines) is 1. The minimum absolute atomic E-state index is 0.268. The summed E-state index contributed by atoms with van der Waals surface area (Å²) in [5.41, 5.74) is 0.352. The Kier molecular flexibility index (Phi) is 5.36. The Hall–Kier alpha value is -1.54. The fourth-order valence-corrected chi connectivity index (χ4v) is 2.85. The number of carbonyl (C=O) groups excluding carboxylic acids is 1. The van der Waals surface area contributed by atoms with E-state index in [1.54, 1.807) is 13.0 Å². The van der Waals surface area contributed by atoms with Gasteiger partial charge in [0.1, 0.15) is 17.1 Å². The summed E-state index contributed by atoms with van der Waals surface area (Å²) in [5.74, 6) is -0.230. The van der Waals surface area contributed by atoms with Gasteiger partial charge in [-0.15, -0.1) is 0 Å². The van der Waals surface area contributed by atoms with Gasteiger partial charge in [0.15, 0.2) is 6.10 Å². The Bertz CT molecular complexity index is 547. The third-order valence-corrected chi connectivity index (χ3v) is 4.17. The van der Waals surface area contributed by atoms with Gasteiger partial charge in [-0.1, -0.05) is 0 Å². The molecule has 2 heterocycles. The average Bonchev–Trinajstić information content (AvgIpc) is 2.86. The van der Waals surface area contributed by atoms with Gasteiger partial charge in [0.05, 0.1) is 13.7 Å². The van der Waals surface area contributed by atoms with Crippen molar-refractivity contribution in [3.63, 3.8) is 0 Å². The highest BCUT2D eigenvalue weighted by molar-refractivity contribution is 5.90. The molecule has 1 aliphatic heterocycles. The molecular formula is C15H20F3NO4. The smallest absolute Gasteiger partial charge is 0.414 e. The summed E-state index contributed by atoms with van der Waals surface area (Å²) < 4.78 is 47.7. The van der Waals surface area contributed by atoms with Gasteiger partial charge < -0.3 is 14.3 Å². The number of carbonyl (C=O) groups is 1. The molecule has 0 amide bonds. The van der Waals surface area contributed by atoms with Crippen LogP contribution in [0.4, 0.5) is 13.2 Å². The Balaban J connectivity index is 1.91. The molecule has 23 heavy (non-hydrogen) atoms. The first-order valence-corrected chi connectivity index (χ1v) is 7.37. The molecule has 1 atom stereocenters. The Labute approximate surface area is 132 Å². The molecule has 1 N–H and O–H groups in total. The van der Waals surface area contributed by atoms with Crippen molar-refractivity contribution in [2.45, 2.75) is 38.6 Å². The number of piperidine rings is 1. The first kappa shape index (κ1) is 17.8. The maximum Gasteiger partial charge on any atom is 0.414 e. The first-order valence-electron chi connectivity index (χ1n) is 7.37. The van der Waals surface area contributed by atoms with Crippen molar-refractivity contribution in [3.8, 4) is 0 Å². The van der Waals surface area contributed by atoms with Crippen LogP contribution in [0, 0.1) is 12.8 Å². The zero-order valence-corrected chi connectivity index (χ0v) is 13.0. The molecule has 0 saturated carbocycles. The molecule has 8 heteroatoms. The van der Waals surface area contributed by atoms with Crippen LogP contribution in [0.3, 0.4) is 0 Å². The average molecular weight is 335 g/mol. The van der Waals surface area contributed by atoms with Crippen LogP contribution in [-0.2, 0) is 11.3 Å². The lowest BCUT2D eigenvalue weighted by Crippen LogP contribution is -2.43. The van der Waals surface area contributed by atoms with E-state index in [0.29, 0.717) is 36.7 Å². The molecule has 1 aromatic heterocycles. The number of hydrogen-bond acceptors (Lipinski definition) is 5. The normalized spacial score (nSPS) is 18.9. The lowest BCUT2D eigenvalue weighted by molar-refractivity contribution is -0.223. The molecule has 1 saturated heterocycles. The van der Waals surface area contributed by atoms with E-state index < -0.39 is 24.2 Å². The Morgan fingerprint density at radius 1 is 1.48 bits per heavy atom. The number of rotatable bonds is 4. The molecule has 130 valence electrons. The summed E-state index contributed by atoms with van der Waals surface area (Å²) in [6.45, 7) is 2.94. The van der Waals surface area contributed by atoms with Crippen LogP contribution in [0.2, 0.25) is 0 Å². The van der Waals surface area contributed by atoms with Gasteiger partial charge in [-0.3, -0.25) is 4.90 Å². The minimum Gasteiger partial charge on any atom is -0.465 e. The van der Waals surface area contributed by atoms with E-state index in [0.717, 1.165) is 0 Å². The number of esters is 1. The van der Waals surface area contributed by atoms with Gasteiger partial charge in [-0.05, 0) is 44.8 Å². The van der Waals surface area contributed by atoms with Gasteiger partial charge in [0, 0.05) is 0 Å². The maximum atomic E-state index is 12.5. The lowest BCUT2D eigenvalue weighted by atomic mass is 9.91. The van der Waals surface area contributed by atoms with Crippen molar-refractivity contribution in [3.05, 3.63) is 23.2 Å². The highest BCUT2D eigenvalue weighted by Crippen LogP contribution is 2.32. The fraction of sp³-hybridized carbons (Fsp3) is 0.667. The van der Waals surface area contributed by atoms with Crippen molar-refractivity contribution >= 4 is 5.97 Å². The SMILES string of the molecule is COC(=O)c1cc(CN2CCC(C(O)C(F)(F)F)CC2)oc1C. The Morgan fingerprint density at radius 2 is 2.09 bits per heavy atom. The van der Waals surface area contributed by atoms with Crippen LogP contribution in [0.25, 0.3) is 0 Å². The third-order valence-electron chi connectivity index (χ3n) is 4.17. The van der Waals surface area contributed by atoms with E-state index >= 15 is 0 Å². The van der Waals surface area contributed by atoms with Crippen LogP contribution in [0.1, 0.15) is 34.7 Å². The monoisotopic (exact) mass is 335 g/mol. The van der Waals surface area contributed by atoms with Crippen molar-refractivity contribution in [1.29, 1.82) is 0 Å². The predicted octanol–water partition coefficient (Wildman–Crippen LogP) is 2.51. The number of furan rings is 1. The number of ether oxygens (including phenoxy) is 1.